The number of aromatic nitrogens is 2. The minimum atomic E-state index is 0.0890. The number of hydrogen-bond acceptors (Lipinski definition) is 2. The van der Waals surface area contributed by atoms with Crippen LogP contribution in [0.2, 0.25) is 0 Å². The van der Waals surface area contributed by atoms with Gasteiger partial charge in [0.2, 0.25) is 0 Å². The molecule has 4 aromatic rings. The van der Waals surface area contributed by atoms with Crippen molar-refractivity contribution in [3.63, 3.8) is 0 Å². The lowest BCUT2D eigenvalue weighted by atomic mass is 9.64. The third-order valence-electron chi connectivity index (χ3n) is 7.26. The van der Waals surface area contributed by atoms with Gasteiger partial charge in [-0.05, 0) is 57.9 Å². The van der Waals surface area contributed by atoms with Gasteiger partial charge in [-0.15, -0.1) is 0 Å². The Bertz CT molecular complexity index is 1290. The molecular weight excluding hydrogens is 352 g/mol. The molecule has 0 N–H and O–H groups in total. The standard InChI is InChI=1S/C27H26N2/c1-26(2,3)19-14-17-8-13-29-25-21-7-6-18-16-28-12-9-20(18)24(21)27(10-4-5-11-27)22(15-19)23(17)25/h6-9,12-16H,4-5,10-11H2,1-3H3. The predicted octanol–water partition coefficient (Wildman–Crippen LogP) is 6.92. The van der Waals surface area contributed by atoms with Gasteiger partial charge in [0.25, 0.3) is 0 Å². The molecule has 6 rings (SSSR count). The zero-order valence-corrected chi connectivity index (χ0v) is 17.4. The molecule has 2 aliphatic carbocycles. The maximum Gasteiger partial charge on any atom is 0.0786 e. The molecule has 0 bridgehead atoms. The highest BCUT2D eigenvalue weighted by Crippen LogP contribution is 2.57. The molecule has 0 radical (unpaired) electrons. The summed E-state index contributed by atoms with van der Waals surface area (Å²) in [7, 11) is 0. The zero-order chi connectivity index (χ0) is 19.8. The van der Waals surface area contributed by atoms with Gasteiger partial charge in [-0.25, -0.2) is 0 Å². The van der Waals surface area contributed by atoms with E-state index in [4.69, 9.17) is 4.98 Å². The highest BCUT2D eigenvalue weighted by molar-refractivity contribution is 6.06. The van der Waals surface area contributed by atoms with E-state index >= 15 is 0 Å². The number of nitrogens with zero attached hydrogens (tertiary/aromatic N) is 2. The summed E-state index contributed by atoms with van der Waals surface area (Å²) in [5.74, 6) is 0. The van der Waals surface area contributed by atoms with E-state index in [1.165, 1.54) is 69.5 Å². The second-order valence-electron chi connectivity index (χ2n) is 9.91. The van der Waals surface area contributed by atoms with Crippen LogP contribution in [0.3, 0.4) is 0 Å². The third kappa shape index (κ3) is 2.23. The maximum atomic E-state index is 4.92. The summed E-state index contributed by atoms with van der Waals surface area (Å²) in [6, 6.07) is 13.8. The van der Waals surface area contributed by atoms with Crippen LogP contribution >= 0.6 is 0 Å². The van der Waals surface area contributed by atoms with Crippen LogP contribution in [0.15, 0.2) is 55.0 Å². The van der Waals surface area contributed by atoms with Crippen molar-refractivity contribution in [3.8, 4) is 11.3 Å². The first-order chi connectivity index (χ1) is 14.0. The van der Waals surface area contributed by atoms with Crippen LogP contribution in [-0.4, -0.2) is 9.97 Å². The first-order valence-corrected chi connectivity index (χ1v) is 10.8. The van der Waals surface area contributed by atoms with Crippen LogP contribution in [0.4, 0.5) is 0 Å². The molecule has 2 aromatic carbocycles. The van der Waals surface area contributed by atoms with E-state index in [9.17, 15) is 0 Å². The molecule has 29 heavy (non-hydrogen) atoms. The Morgan fingerprint density at radius 3 is 2.52 bits per heavy atom. The van der Waals surface area contributed by atoms with Gasteiger partial charge in [-0.2, -0.15) is 0 Å². The Labute approximate surface area is 172 Å². The minimum absolute atomic E-state index is 0.0890. The molecule has 2 heterocycles. The predicted molar refractivity (Wildman–Crippen MR) is 120 cm³/mol. The Hall–Kier alpha value is -2.74. The lowest BCUT2D eigenvalue weighted by Gasteiger charge is -2.39. The van der Waals surface area contributed by atoms with E-state index in [1.807, 2.05) is 18.6 Å². The second kappa shape index (κ2) is 5.66. The fraction of sp³-hybridized carbons (Fsp3) is 0.333. The molecule has 1 fully saturated rings. The summed E-state index contributed by atoms with van der Waals surface area (Å²) >= 11 is 0. The van der Waals surface area contributed by atoms with Gasteiger partial charge in [0, 0.05) is 40.3 Å². The van der Waals surface area contributed by atoms with Crippen LogP contribution in [0.5, 0.6) is 0 Å². The number of fused-ring (bicyclic) bond motifs is 6. The quantitative estimate of drug-likeness (QED) is 0.332. The fourth-order valence-corrected chi connectivity index (χ4v) is 5.85. The third-order valence-corrected chi connectivity index (χ3v) is 7.26. The Balaban J connectivity index is 1.83. The van der Waals surface area contributed by atoms with Gasteiger partial charge in [-0.3, -0.25) is 9.97 Å². The van der Waals surface area contributed by atoms with E-state index < -0.39 is 0 Å². The van der Waals surface area contributed by atoms with Crippen molar-refractivity contribution in [1.82, 2.24) is 9.97 Å². The summed E-state index contributed by atoms with van der Waals surface area (Å²) < 4.78 is 0. The molecule has 2 heteroatoms. The van der Waals surface area contributed by atoms with Crippen LogP contribution in [0.25, 0.3) is 32.8 Å². The number of benzene rings is 2. The summed E-state index contributed by atoms with van der Waals surface area (Å²) in [6.45, 7) is 6.96. The molecule has 2 aromatic heterocycles. The van der Waals surface area contributed by atoms with Gasteiger partial charge >= 0.3 is 0 Å². The SMILES string of the molecule is CC(C)(C)c1cc2c3c(nccc3c1)-c1ccc3cnccc3c1C21CCCC1. The smallest absolute Gasteiger partial charge is 0.0786 e. The molecule has 144 valence electrons. The van der Waals surface area contributed by atoms with Crippen LogP contribution < -0.4 is 0 Å². The van der Waals surface area contributed by atoms with Crippen molar-refractivity contribution in [2.75, 3.05) is 0 Å². The maximum absolute atomic E-state index is 4.92. The zero-order valence-electron chi connectivity index (χ0n) is 17.4. The van der Waals surface area contributed by atoms with Gasteiger partial charge in [0.05, 0.1) is 5.69 Å². The van der Waals surface area contributed by atoms with Gasteiger partial charge in [0.1, 0.15) is 0 Å². The van der Waals surface area contributed by atoms with E-state index in [1.54, 1.807) is 0 Å². The minimum Gasteiger partial charge on any atom is -0.264 e. The van der Waals surface area contributed by atoms with Crippen molar-refractivity contribution >= 4 is 21.5 Å². The van der Waals surface area contributed by atoms with Gasteiger partial charge in [-0.1, -0.05) is 57.9 Å². The molecule has 0 amide bonds. The molecule has 0 saturated heterocycles. The van der Waals surface area contributed by atoms with Crippen LogP contribution in [0, 0.1) is 0 Å². The highest BCUT2D eigenvalue weighted by Gasteiger charge is 2.45. The van der Waals surface area contributed by atoms with E-state index in [0.29, 0.717) is 0 Å². The Morgan fingerprint density at radius 2 is 1.72 bits per heavy atom. The lowest BCUT2D eigenvalue weighted by molar-refractivity contribution is 0.536. The van der Waals surface area contributed by atoms with E-state index in [2.05, 4.69) is 62.2 Å². The summed E-state index contributed by atoms with van der Waals surface area (Å²) in [6.07, 6.45) is 11.0. The number of rotatable bonds is 0. The molecule has 0 unspecified atom stereocenters. The van der Waals surface area contributed by atoms with Crippen molar-refractivity contribution in [2.45, 2.75) is 57.3 Å². The molecule has 0 aliphatic heterocycles. The highest BCUT2D eigenvalue weighted by atomic mass is 14.7. The number of pyridine rings is 2. The molecular formula is C27H26N2. The van der Waals surface area contributed by atoms with Crippen molar-refractivity contribution in [3.05, 3.63) is 71.7 Å². The Morgan fingerprint density at radius 1 is 0.897 bits per heavy atom. The van der Waals surface area contributed by atoms with Crippen molar-refractivity contribution in [2.24, 2.45) is 0 Å². The van der Waals surface area contributed by atoms with Crippen LogP contribution in [0.1, 0.15) is 63.1 Å². The monoisotopic (exact) mass is 378 g/mol. The summed E-state index contributed by atoms with van der Waals surface area (Å²) in [5.41, 5.74) is 7.12. The molecule has 1 saturated carbocycles. The van der Waals surface area contributed by atoms with Crippen LogP contribution in [-0.2, 0) is 10.8 Å². The fourth-order valence-electron chi connectivity index (χ4n) is 5.85. The second-order valence-corrected chi connectivity index (χ2v) is 9.91. The Kier molecular flexibility index (Phi) is 3.35. The van der Waals surface area contributed by atoms with Crippen molar-refractivity contribution in [1.29, 1.82) is 0 Å². The largest absolute Gasteiger partial charge is 0.264 e. The normalized spacial score (nSPS) is 17.2. The first kappa shape index (κ1) is 17.1. The topological polar surface area (TPSA) is 25.8 Å². The molecule has 2 aliphatic rings. The van der Waals surface area contributed by atoms with Gasteiger partial charge in [0.15, 0.2) is 0 Å². The van der Waals surface area contributed by atoms with E-state index in [0.717, 1.165) is 5.69 Å². The summed E-state index contributed by atoms with van der Waals surface area (Å²) in [5, 5.41) is 5.30. The number of hydrogen-bond donors (Lipinski definition) is 0. The molecule has 2 nitrogen and oxygen atoms in total. The summed E-state index contributed by atoms with van der Waals surface area (Å²) in [4.78, 5) is 9.31. The molecule has 1 spiro atoms. The average Bonchev–Trinajstić information content (AvgIpc) is 3.20. The first-order valence-electron chi connectivity index (χ1n) is 10.8. The molecule has 0 atom stereocenters. The lowest BCUT2D eigenvalue weighted by Crippen LogP contribution is -2.29. The average molecular weight is 379 g/mol. The van der Waals surface area contributed by atoms with E-state index in [-0.39, 0.29) is 10.8 Å². The van der Waals surface area contributed by atoms with Crippen molar-refractivity contribution < 1.29 is 0 Å². The van der Waals surface area contributed by atoms with Gasteiger partial charge < -0.3 is 0 Å².